The van der Waals surface area contributed by atoms with Gasteiger partial charge in [-0.25, -0.2) is 9.97 Å². The van der Waals surface area contributed by atoms with Crippen LogP contribution in [-0.2, 0) is 20.0 Å². The third kappa shape index (κ3) is 2.70. The third-order valence-electron chi connectivity index (χ3n) is 2.52. The van der Waals surface area contributed by atoms with E-state index in [2.05, 4.69) is 20.3 Å². The fraction of sp³-hybridized carbons (Fsp3) is 0.455. The molecule has 0 radical (unpaired) electrons. The molecule has 0 saturated heterocycles. The molecule has 0 aliphatic carbocycles. The van der Waals surface area contributed by atoms with Gasteiger partial charge in [0.15, 0.2) is 0 Å². The van der Waals surface area contributed by atoms with Crippen LogP contribution >= 0.6 is 0 Å². The van der Waals surface area contributed by atoms with Crippen LogP contribution < -0.4 is 5.32 Å². The molecule has 86 valence electrons. The lowest BCUT2D eigenvalue weighted by Gasteiger charge is -2.03. The van der Waals surface area contributed by atoms with E-state index in [4.69, 9.17) is 0 Å². The molecule has 2 rings (SSSR count). The van der Waals surface area contributed by atoms with Crippen LogP contribution in [0.5, 0.6) is 0 Å². The molecule has 0 spiro atoms. The molecular weight excluding hydrogens is 202 g/mol. The summed E-state index contributed by atoms with van der Waals surface area (Å²) in [5.41, 5.74) is 1.12. The van der Waals surface area contributed by atoms with Crippen molar-refractivity contribution in [2.45, 2.75) is 19.9 Å². The Morgan fingerprint density at radius 1 is 1.44 bits per heavy atom. The third-order valence-corrected chi connectivity index (χ3v) is 2.52. The van der Waals surface area contributed by atoms with Gasteiger partial charge in [-0.3, -0.25) is 0 Å². The van der Waals surface area contributed by atoms with Crippen LogP contribution in [0.15, 0.2) is 18.6 Å². The van der Waals surface area contributed by atoms with Crippen LogP contribution in [0.3, 0.4) is 0 Å². The number of aromatic nitrogens is 4. The first kappa shape index (κ1) is 10.9. The summed E-state index contributed by atoms with van der Waals surface area (Å²) in [5.74, 6) is 2.06. The maximum absolute atomic E-state index is 4.27. The first-order chi connectivity index (χ1) is 7.75. The Bertz CT molecular complexity index is 443. The van der Waals surface area contributed by atoms with Crippen LogP contribution in [0.2, 0.25) is 0 Å². The molecule has 0 aliphatic rings. The number of nitrogens with one attached hydrogen (secondary N) is 2. The Labute approximate surface area is 94.9 Å². The van der Waals surface area contributed by atoms with Gasteiger partial charge in [-0.05, 0) is 6.92 Å². The highest BCUT2D eigenvalue weighted by atomic mass is 15.0. The Kier molecular flexibility index (Phi) is 3.36. The summed E-state index contributed by atoms with van der Waals surface area (Å²) >= 11 is 0. The first-order valence-electron chi connectivity index (χ1n) is 5.43. The minimum atomic E-state index is 0.825. The predicted molar refractivity (Wildman–Crippen MR) is 61.9 cm³/mol. The van der Waals surface area contributed by atoms with Gasteiger partial charge in [-0.15, -0.1) is 0 Å². The lowest BCUT2D eigenvalue weighted by atomic mass is 10.4. The number of hydrogen-bond acceptors (Lipinski definition) is 3. The van der Waals surface area contributed by atoms with Crippen molar-refractivity contribution in [1.82, 2.24) is 24.8 Å². The monoisotopic (exact) mass is 219 g/mol. The Morgan fingerprint density at radius 2 is 2.31 bits per heavy atom. The van der Waals surface area contributed by atoms with Gasteiger partial charge >= 0.3 is 0 Å². The van der Waals surface area contributed by atoms with Crippen molar-refractivity contribution in [3.05, 3.63) is 35.9 Å². The van der Waals surface area contributed by atoms with Crippen molar-refractivity contribution >= 4 is 0 Å². The minimum Gasteiger partial charge on any atom is -0.345 e. The molecule has 0 atom stereocenters. The van der Waals surface area contributed by atoms with E-state index < -0.39 is 0 Å². The molecule has 2 heterocycles. The quantitative estimate of drug-likeness (QED) is 0.731. The first-order valence-corrected chi connectivity index (χ1v) is 5.43. The molecule has 16 heavy (non-hydrogen) atoms. The van der Waals surface area contributed by atoms with E-state index in [1.54, 1.807) is 0 Å². The summed E-state index contributed by atoms with van der Waals surface area (Å²) in [7, 11) is 2.01. The van der Waals surface area contributed by atoms with Gasteiger partial charge in [0.25, 0.3) is 0 Å². The molecule has 2 aromatic rings. The molecule has 0 unspecified atom stereocenters. The van der Waals surface area contributed by atoms with Gasteiger partial charge in [0.2, 0.25) is 0 Å². The molecule has 0 amide bonds. The normalized spacial score (nSPS) is 10.9. The molecule has 2 aromatic heterocycles. The van der Waals surface area contributed by atoms with E-state index in [0.717, 1.165) is 36.9 Å². The van der Waals surface area contributed by atoms with E-state index in [1.807, 2.05) is 37.1 Å². The van der Waals surface area contributed by atoms with Crippen molar-refractivity contribution in [3.63, 3.8) is 0 Å². The molecule has 0 fully saturated rings. The molecule has 5 heteroatoms. The summed E-state index contributed by atoms with van der Waals surface area (Å²) in [4.78, 5) is 11.6. The second kappa shape index (κ2) is 4.94. The van der Waals surface area contributed by atoms with Gasteiger partial charge in [0.05, 0.1) is 0 Å². The number of hydrogen-bond donors (Lipinski definition) is 2. The SMILES string of the molecule is Cc1ncc(CNCCc2nccn2C)[nH]1. The molecule has 2 N–H and O–H groups in total. The number of aromatic amines is 1. The van der Waals surface area contributed by atoms with E-state index in [0.29, 0.717) is 0 Å². The zero-order valence-electron chi connectivity index (χ0n) is 9.70. The second-order valence-electron chi connectivity index (χ2n) is 3.87. The summed E-state index contributed by atoms with van der Waals surface area (Å²) in [6, 6.07) is 0. The summed E-state index contributed by atoms with van der Waals surface area (Å²) in [5, 5.41) is 3.36. The largest absolute Gasteiger partial charge is 0.345 e. The van der Waals surface area contributed by atoms with Crippen molar-refractivity contribution in [3.8, 4) is 0 Å². The maximum Gasteiger partial charge on any atom is 0.109 e. The highest BCUT2D eigenvalue weighted by Crippen LogP contribution is 1.96. The van der Waals surface area contributed by atoms with Gasteiger partial charge in [-0.2, -0.15) is 0 Å². The van der Waals surface area contributed by atoms with Crippen LogP contribution in [0.1, 0.15) is 17.3 Å². The van der Waals surface area contributed by atoms with Gasteiger partial charge in [-0.1, -0.05) is 0 Å². The predicted octanol–water partition coefficient (Wildman–Crippen LogP) is 0.784. The van der Waals surface area contributed by atoms with E-state index >= 15 is 0 Å². The van der Waals surface area contributed by atoms with E-state index in [1.165, 1.54) is 0 Å². The zero-order valence-corrected chi connectivity index (χ0v) is 9.70. The average Bonchev–Trinajstić information content (AvgIpc) is 2.83. The van der Waals surface area contributed by atoms with Crippen molar-refractivity contribution in [2.75, 3.05) is 6.54 Å². The van der Waals surface area contributed by atoms with Crippen LogP contribution in [0.4, 0.5) is 0 Å². The van der Waals surface area contributed by atoms with E-state index in [-0.39, 0.29) is 0 Å². The number of nitrogens with zero attached hydrogens (tertiary/aromatic N) is 3. The van der Waals surface area contributed by atoms with Gasteiger partial charge in [0.1, 0.15) is 11.6 Å². The number of H-pyrrole nitrogens is 1. The Morgan fingerprint density at radius 3 is 2.94 bits per heavy atom. The highest BCUT2D eigenvalue weighted by molar-refractivity contribution is 4.99. The second-order valence-corrected chi connectivity index (χ2v) is 3.87. The average molecular weight is 219 g/mol. The number of aryl methyl sites for hydroxylation is 2. The van der Waals surface area contributed by atoms with Crippen molar-refractivity contribution in [1.29, 1.82) is 0 Å². The standard InChI is InChI=1S/C11H17N5/c1-9-14-8-10(15-9)7-12-4-3-11-13-5-6-16(11)2/h5-6,8,12H,3-4,7H2,1-2H3,(H,14,15). The van der Waals surface area contributed by atoms with Crippen LogP contribution in [-0.4, -0.2) is 26.1 Å². The summed E-state index contributed by atoms with van der Waals surface area (Å²) < 4.78 is 2.04. The van der Waals surface area contributed by atoms with Gasteiger partial charge in [0, 0.05) is 50.8 Å². The lowest BCUT2D eigenvalue weighted by Crippen LogP contribution is -2.18. The van der Waals surface area contributed by atoms with Crippen molar-refractivity contribution in [2.24, 2.45) is 7.05 Å². The molecular formula is C11H17N5. The van der Waals surface area contributed by atoms with Crippen LogP contribution in [0, 0.1) is 6.92 Å². The smallest absolute Gasteiger partial charge is 0.109 e. The fourth-order valence-corrected chi connectivity index (χ4v) is 1.62. The molecule has 0 aliphatic heterocycles. The summed E-state index contributed by atoms with van der Waals surface area (Å²) in [6.07, 6.45) is 6.60. The topological polar surface area (TPSA) is 58.5 Å². The molecule has 0 bridgehead atoms. The Hall–Kier alpha value is -1.62. The Balaban J connectivity index is 1.71. The highest BCUT2D eigenvalue weighted by Gasteiger charge is 1.99. The van der Waals surface area contributed by atoms with Crippen molar-refractivity contribution < 1.29 is 0 Å². The van der Waals surface area contributed by atoms with E-state index in [9.17, 15) is 0 Å². The number of imidazole rings is 2. The lowest BCUT2D eigenvalue weighted by molar-refractivity contribution is 0.648. The minimum absolute atomic E-state index is 0.825. The zero-order chi connectivity index (χ0) is 11.4. The van der Waals surface area contributed by atoms with Crippen LogP contribution in [0.25, 0.3) is 0 Å². The fourth-order valence-electron chi connectivity index (χ4n) is 1.62. The molecule has 0 aromatic carbocycles. The summed E-state index contributed by atoms with van der Waals surface area (Å²) in [6.45, 7) is 3.70. The molecule has 0 saturated carbocycles. The van der Waals surface area contributed by atoms with Gasteiger partial charge < -0.3 is 14.9 Å². The maximum atomic E-state index is 4.27. The number of rotatable bonds is 5. The molecule has 5 nitrogen and oxygen atoms in total.